The third-order valence-corrected chi connectivity index (χ3v) is 7.40. The van der Waals surface area contributed by atoms with E-state index in [2.05, 4.69) is 34.1 Å². The van der Waals surface area contributed by atoms with E-state index in [9.17, 15) is 22.8 Å². The molecule has 1 aliphatic heterocycles. The number of hydrazone groups is 1. The molecule has 0 atom stereocenters. The first-order valence-corrected chi connectivity index (χ1v) is 14.5. The molecule has 44 heavy (non-hydrogen) atoms. The Labute approximate surface area is 255 Å². The van der Waals surface area contributed by atoms with Gasteiger partial charge in [-0.25, -0.2) is 9.67 Å². The predicted molar refractivity (Wildman–Crippen MR) is 164 cm³/mol. The molecular formula is C31H27F3N6O3S. The number of thioether (sulfide) groups is 1. The number of halogens is 3. The zero-order chi connectivity index (χ0) is 31.4. The fraction of sp³-hybridized carbons (Fsp3) is 0.194. The van der Waals surface area contributed by atoms with Crippen LogP contribution in [0.25, 0.3) is 5.69 Å². The highest BCUT2D eigenvalue weighted by atomic mass is 32.2. The largest absolute Gasteiger partial charge is 0.573 e. The summed E-state index contributed by atoms with van der Waals surface area (Å²) >= 11 is 1.34. The molecule has 1 fully saturated rings. The van der Waals surface area contributed by atoms with Gasteiger partial charge in [0.25, 0.3) is 11.8 Å². The number of alkyl halides is 3. The predicted octanol–water partition coefficient (Wildman–Crippen LogP) is 7.05. The molecule has 1 aliphatic rings. The normalized spacial score (nSPS) is 14.7. The zero-order valence-corrected chi connectivity index (χ0v) is 24.7. The minimum Gasteiger partial charge on any atom is -0.406 e. The molecular weight excluding hydrogens is 593 g/mol. The van der Waals surface area contributed by atoms with Crippen LogP contribution < -0.4 is 10.1 Å². The Kier molecular flexibility index (Phi) is 8.86. The second-order valence-corrected chi connectivity index (χ2v) is 11.0. The van der Waals surface area contributed by atoms with E-state index in [1.54, 1.807) is 48.3 Å². The molecule has 0 aliphatic carbocycles. The second kappa shape index (κ2) is 12.8. The number of nitrogens with zero attached hydrogens (tertiary/aromatic N) is 5. The van der Waals surface area contributed by atoms with E-state index < -0.39 is 12.3 Å². The smallest absolute Gasteiger partial charge is 0.406 e. The molecule has 0 saturated carbocycles. The lowest BCUT2D eigenvalue weighted by atomic mass is 10.0. The topological polar surface area (TPSA) is 101 Å². The molecule has 5 rings (SSSR count). The molecule has 2 amide bonds. The van der Waals surface area contributed by atoms with Crippen molar-refractivity contribution in [1.29, 1.82) is 0 Å². The van der Waals surface area contributed by atoms with Crippen LogP contribution in [-0.4, -0.2) is 50.1 Å². The molecule has 226 valence electrons. The summed E-state index contributed by atoms with van der Waals surface area (Å²) in [5, 5.41) is 13.3. The molecule has 0 bridgehead atoms. The highest BCUT2D eigenvalue weighted by Crippen LogP contribution is 2.30. The standard InChI is InChI=1S/C31H27F3N6O3S/c1-19(2)25-6-4-5-7-27(25)37-30-40(28(41)18-44-30)35-16-21-8-12-23(13-9-21)39-17-26(20(3)38-39)29(42)36-22-10-14-24(15-11-22)43-31(32,33)34/h4-17,19H,18H2,1-3H3,(H,36,42)/b35-16?,37-30-. The Balaban J connectivity index is 1.26. The molecule has 0 spiro atoms. The van der Waals surface area contributed by atoms with Crippen LogP contribution in [0.3, 0.4) is 0 Å². The van der Waals surface area contributed by atoms with Crippen molar-refractivity contribution in [1.82, 2.24) is 14.8 Å². The number of rotatable bonds is 8. The van der Waals surface area contributed by atoms with Gasteiger partial charge in [-0.15, -0.1) is 13.2 Å². The molecule has 2 heterocycles. The van der Waals surface area contributed by atoms with Crippen LogP contribution in [0, 0.1) is 6.92 Å². The van der Waals surface area contributed by atoms with E-state index in [-0.39, 0.29) is 23.3 Å². The van der Waals surface area contributed by atoms with Gasteiger partial charge in [-0.05, 0) is 66.4 Å². The minimum absolute atomic E-state index is 0.160. The lowest BCUT2D eigenvalue weighted by Gasteiger charge is -2.12. The first-order valence-electron chi connectivity index (χ1n) is 13.5. The van der Waals surface area contributed by atoms with Crippen molar-refractivity contribution in [2.24, 2.45) is 10.1 Å². The average molecular weight is 621 g/mol. The summed E-state index contributed by atoms with van der Waals surface area (Å²) in [4.78, 5) is 30.1. The number of hydrogen-bond donors (Lipinski definition) is 1. The third-order valence-electron chi connectivity index (χ3n) is 6.49. The van der Waals surface area contributed by atoms with Crippen LogP contribution in [0.2, 0.25) is 0 Å². The first kappa shape index (κ1) is 30.5. The van der Waals surface area contributed by atoms with Gasteiger partial charge in [0.1, 0.15) is 5.75 Å². The molecule has 13 heteroatoms. The van der Waals surface area contributed by atoms with Crippen molar-refractivity contribution in [3.63, 3.8) is 0 Å². The van der Waals surface area contributed by atoms with Crippen LogP contribution in [0.5, 0.6) is 5.75 Å². The Morgan fingerprint density at radius 1 is 1.07 bits per heavy atom. The molecule has 0 radical (unpaired) electrons. The number of carbonyl (C=O) groups excluding carboxylic acids is 2. The van der Waals surface area contributed by atoms with E-state index in [0.29, 0.717) is 27.8 Å². The van der Waals surface area contributed by atoms with Crippen LogP contribution in [0.15, 0.2) is 89.1 Å². The van der Waals surface area contributed by atoms with Gasteiger partial charge in [-0.2, -0.15) is 15.2 Å². The molecule has 1 saturated heterocycles. The highest BCUT2D eigenvalue weighted by Gasteiger charge is 2.31. The van der Waals surface area contributed by atoms with Crippen molar-refractivity contribution in [2.45, 2.75) is 33.1 Å². The summed E-state index contributed by atoms with van der Waals surface area (Å²) in [5.41, 5.74) is 4.36. The van der Waals surface area contributed by atoms with Gasteiger partial charge in [-0.3, -0.25) is 9.59 Å². The van der Waals surface area contributed by atoms with Crippen LogP contribution in [-0.2, 0) is 4.79 Å². The lowest BCUT2D eigenvalue weighted by molar-refractivity contribution is -0.274. The number of ether oxygens (including phenoxy) is 1. The highest BCUT2D eigenvalue weighted by molar-refractivity contribution is 8.15. The van der Waals surface area contributed by atoms with Gasteiger partial charge >= 0.3 is 6.36 Å². The summed E-state index contributed by atoms with van der Waals surface area (Å²) in [6, 6.07) is 19.9. The number of carbonyl (C=O) groups is 2. The number of benzene rings is 3. The average Bonchev–Trinajstić information content (AvgIpc) is 3.54. The zero-order valence-electron chi connectivity index (χ0n) is 23.9. The van der Waals surface area contributed by atoms with E-state index >= 15 is 0 Å². The maximum Gasteiger partial charge on any atom is 0.573 e. The number of amides is 2. The van der Waals surface area contributed by atoms with E-state index in [1.165, 1.54) is 28.9 Å². The second-order valence-electron chi connectivity index (χ2n) is 10.0. The monoisotopic (exact) mass is 620 g/mol. The maximum absolute atomic E-state index is 12.8. The third kappa shape index (κ3) is 7.35. The summed E-state index contributed by atoms with van der Waals surface area (Å²) < 4.78 is 42.5. The van der Waals surface area contributed by atoms with Crippen LogP contribution in [0.4, 0.5) is 24.5 Å². The molecule has 4 aromatic rings. The van der Waals surface area contributed by atoms with Crippen molar-refractivity contribution in [3.05, 3.63) is 101 Å². The number of hydrogen-bond acceptors (Lipinski definition) is 7. The number of aryl methyl sites for hydroxylation is 1. The lowest BCUT2D eigenvalue weighted by Crippen LogP contribution is -2.23. The fourth-order valence-corrected chi connectivity index (χ4v) is 5.13. The molecule has 9 nitrogen and oxygen atoms in total. The van der Waals surface area contributed by atoms with Gasteiger partial charge in [-0.1, -0.05) is 55.9 Å². The van der Waals surface area contributed by atoms with E-state index in [1.807, 2.05) is 24.3 Å². The van der Waals surface area contributed by atoms with Gasteiger partial charge < -0.3 is 10.1 Å². The summed E-state index contributed by atoms with van der Waals surface area (Å²) in [6.07, 6.45) is -1.66. The van der Waals surface area contributed by atoms with Crippen LogP contribution >= 0.6 is 11.8 Å². The first-order chi connectivity index (χ1) is 21.0. The Morgan fingerprint density at radius 2 is 1.77 bits per heavy atom. The molecule has 3 aromatic carbocycles. The molecule has 0 unspecified atom stereocenters. The molecule has 1 aromatic heterocycles. The van der Waals surface area contributed by atoms with Crippen molar-refractivity contribution in [2.75, 3.05) is 11.1 Å². The van der Waals surface area contributed by atoms with Crippen molar-refractivity contribution >= 4 is 46.3 Å². The minimum atomic E-state index is -4.80. The van der Waals surface area contributed by atoms with Gasteiger partial charge in [0.2, 0.25) is 0 Å². The number of anilines is 1. The van der Waals surface area contributed by atoms with Gasteiger partial charge in [0, 0.05) is 11.9 Å². The quantitative estimate of drug-likeness (QED) is 0.213. The maximum atomic E-state index is 12.8. The van der Waals surface area contributed by atoms with E-state index in [4.69, 9.17) is 4.99 Å². The Morgan fingerprint density at radius 3 is 2.45 bits per heavy atom. The summed E-state index contributed by atoms with van der Waals surface area (Å²) in [6.45, 7) is 5.86. The number of para-hydroxylation sites is 1. The van der Waals surface area contributed by atoms with Crippen LogP contribution in [0.1, 0.15) is 46.9 Å². The van der Waals surface area contributed by atoms with Gasteiger partial charge in [0.05, 0.1) is 34.6 Å². The Bertz CT molecular complexity index is 1730. The summed E-state index contributed by atoms with van der Waals surface area (Å²) in [7, 11) is 0. The number of nitrogens with one attached hydrogen (secondary N) is 1. The fourth-order valence-electron chi connectivity index (χ4n) is 4.32. The summed E-state index contributed by atoms with van der Waals surface area (Å²) in [5.74, 6) is -0.485. The van der Waals surface area contributed by atoms with E-state index in [0.717, 1.165) is 28.9 Å². The number of aliphatic imine (C=N–C) groups is 1. The number of amidine groups is 1. The molecule has 1 N–H and O–H groups in total. The number of aromatic nitrogens is 2. The van der Waals surface area contributed by atoms with Crippen molar-refractivity contribution < 1.29 is 27.5 Å². The van der Waals surface area contributed by atoms with Gasteiger partial charge in [0.15, 0.2) is 5.17 Å². The van der Waals surface area contributed by atoms with Crippen molar-refractivity contribution in [3.8, 4) is 11.4 Å². The SMILES string of the molecule is Cc1nn(-c2ccc(C=NN3C(=O)CS/C3=N\c3ccccc3C(C)C)cc2)cc1C(=O)Nc1ccc(OC(F)(F)F)cc1. The Hall–Kier alpha value is -4.91.